The first-order valence-corrected chi connectivity index (χ1v) is 7.97. The van der Waals surface area contributed by atoms with Gasteiger partial charge in [0.25, 0.3) is 0 Å². The molecule has 0 aliphatic heterocycles. The van der Waals surface area contributed by atoms with E-state index in [0.717, 1.165) is 13.1 Å². The second-order valence-electron chi connectivity index (χ2n) is 3.71. The van der Waals surface area contributed by atoms with E-state index in [1.165, 1.54) is 22.8 Å². The smallest absolute Gasteiger partial charge is 0.0399 e. The van der Waals surface area contributed by atoms with Crippen molar-refractivity contribution in [2.75, 3.05) is 35.5 Å². The highest BCUT2D eigenvalue weighted by Gasteiger charge is 2.04. The van der Waals surface area contributed by atoms with Crippen LogP contribution in [0.1, 0.15) is 13.3 Å². The molecule has 0 N–H and O–H groups in total. The van der Waals surface area contributed by atoms with Gasteiger partial charge in [0.2, 0.25) is 0 Å². The zero-order chi connectivity index (χ0) is 12.5. The third-order valence-corrected chi connectivity index (χ3v) is 3.94. The largest absolute Gasteiger partial charge is 0.369 e. The molecular weight excluding hydrogens is 273 g/mol. The van der Waals surface area contributed by atoms with Crippen molar-refractivity contribution in [3.63, 3.8) is 0 Å². The van der Waals surface area contributed by atoms with Crippen LogP contribution in [0.15, 0.2) is 29.2 Å². The number of hydrogen-bond donors (Lipinski definition) is 0. The van der Waals surface area contributed by atoms with Gasteiger partial charge in [0.1, 0.15) is 0 Å². The Labute approximate surface area is 118 Å². The van der Waals surface area contributed by atoms with E-state index < -0.39 is 0 Å². The number of nitrogens with zero attached hydrogens (tertiary/aromatic N) is 1. The Hall–Kier alpha value is -0.0500. The average Bonchev–Trinajstić information content (AvgIpc) is 2.37. The van der Waals surface area contributed by atoms with Crippen molar-refractivity contribution in [2.24, 2.45) is 0 Å². The number of anilines is 1. The van der Waals surface area contributed by atoms with Gasteiger partial charge in [-0.2, -0.15) is 0 Å². The Balaban J connectivity index is 2.63. The normalized spacial score (nSPS) is 10.5. The van der Waals surface area contributed by atoms with Gasteiger partial charge in [0.15, 0.2) is 0 Å². The fourth-order valence-corrected chi connectivity index (χ4v) is 2.72. The Kier molecular flexibility index (Phi) is 7.91. The molecule has 0 aliphatic carbocycles. The first-order valence-electron chi connectivity index (χ1n) is 5.91. The van der Waals surface area contributed by atoms with E-state index in [1.807, 2.05) is 11.8 Å². The molecule has 0 fully saturated rings. The number of halogens is 2. The second-order valence-corrected chi connectivity index (χ2v) is 5.63. The third kappa shape index (κ3) is 5.41. The van der Waals surface area contributed by atoms with Crippen LogP contribution in [-0.4, -0.2) is 30.6 Å². The summed E-state index contributed by atoms with van der Waals surface area (Å²) in [5.41, 5.74) is 1.20. The average molecular weight is 292 g/mol. The summed E-state index contributed by atoms with van der Waals surface area (Å²) in [6, 6.07) is 8.64. The molecule has 0 spiro atoms. The molecule has 1 nitrogen and oxygen atoms in total. The van der Waals surface area contributed by atoms with Crippen LogP contribution in [0.4, 0.5) is 5.69 Å². The van der Waals surface area contributed by atoms with Crippen LogP contribution in [0.2, 0.25) is 0 Å². The maximum absolute atomic E-state index is 5.79. The van der Waals surface area contributed by atoms with Crippen LogP contribution >= 0.6 is 35.0 Å². The molecule has 17 heavy (non-hydrogen) atoms. The maximum atomic E-state index is 5.79. The second kappa shape index (κ2) is 8.96. The van der Waals surface area contributed by atoms with Crippen molar-refractivity contribution in [1.82, 2.24) is 0 Å². The molecule has 1 rings (SSSR count). The van der Waals surface area contributed by atoms with E-state index in [0.29, 0.717) is 11.8 Å². The molecule has 0 amide bonds. The van der Waals surface area contributed by atoms with E-state index in [1.54, 1.807) is 0 Å². The van der Waals surface area contributed by atoms with Crippen molar-refractivity contribution < 1.29 is 0 Å². The summed E-state index contributed by atoms with van der Waals surface area (Å²) in [6.45, 7) is 3.88. The lowest BCUT2D eigenvalue weighted by molar-refractivity contribution is 0.873. The Morgan fingerprint density at radius 3 is 2.12 bits per heavy atom. The molecule has 0 saturated heterocycles. The number of hydrogen-bond acceptors (Lipinski definition) is 2. The van der Waals surface area contributed by atoms with Crippen molar-refractivity contribution in [1.29, 1.82) is 0 Å². The molecule has 0 aliphatic rings. The molecule has 0 atom stereocenters. The van der Waals surface area contributed by atoms with Gasteiger partial charge in [-0.1, -0.05) is 6.92 Å². The molecule has 0 saturated carbocycles. The molecule has 0 unspecified atom stereocenters. The SMILES string of the molecule is CCCSc1ccc(N(CCCl)CCCl)cc1. The minimum absolute atomic E-state index is 0.628. The summed E-state index contributed by atoms with van der Waals surface area (Å²) in [7, 11) is 0. The van der Waals surface area contributed by atoms with Gasteiger partial charge < -0.3 is 4.90 Å². The predicted molar refractivity (Wildman–Crippen MR) is 81.1 cm³/mol. The molecule has 0 aromatic heterocycles. The van der Waals surface area contributed by atoms with Gasteiger partial charge in [-0.05, 0) is 36.4 Å². The topological polar surface area (TPSA) is 3.24 Å². The van der Waals surface area contributed by atoms with E-state index in [-0.39, 0.29) is 0 Å². The number of rotatable bonds is 8. The van der Waals surface area contributed by atoms with Crippen LogP contribution in [0.3, 0.4) is 0 Å². The highest BCUT2D eigenvalue weighted by Crippen LogP contribution is 2.22. The summed E-state index contributed by atoms with van der Waals surface area (Å²) in [5, 5.41) is 0. The minimum Gasteiger partial charge on any atom is -0.369 e. The van der Waals surface area contributed by atoms with E-state index >= 15 is 0 Å². The lowest BCUT2D eigenvalue weighted by atomic mass is 10.3. The molecule has 0 heterocycles. The van der Waals surface area contributed by atoms with E-state index in [4.69, 9.17) is 23.2 Å². The lowest BCUT2D eigenvalue weighted by Crippen LogP contribution is -2.27. The van der Waals surface area contributed by atoms with Crippen LogP contribution in [-0.2, 0) is 0 Å². The van der Waals surface area contributed by atoms with Gasteiger partial charge in [-0.15, -0.1) is 35.0 Å². The minimum atomic E-state index is 0.628. The standard InChI is InChI=1S/C13H19Cl2NS/c1-2-11-17-13-5-3-12(4-6-13)16(9-7-14)10-8-15/h3-6H,2,7-11H2,1H3. The lowest BCUT2D eigenvalue weighted by Gasteiger charge is -2.22. The highest BCUT2D eigenvalue weighted by molar-refractivity contribution is 7.99. The highest BCUT2D eigenvalue weighted by atomic mass is 35.5. The molecule has 0 radical (unpaired) electrons. The summed E-state index contributed by atoms with van der Waals surface area (Å²) >= 11 is 13.5. The number of benzene rings is 1. The molecule has 1 aromatic carbocycles. The summed E-state index contributed by atoms with van der Waals surface area (Å²) in [5.74, 6) is 2.43. The van der Waals surface area contributed by atoms with Crippen LogP contribution in [0.5, 0.6) is 0 Å². The van der Waals surface area contributed by atoms with Crippen LogP contribution < -0.4 is 4.90 Å². The third-order valence-electron chi connectivity index (χ3n) is 2.38. The number of alkyl halides is 2. The molecule has 1 aromatic rings. The fourth-order valence-electron chi connectivity index (χ4n) is 1.55. The zero-order valence-corrected chi connectivity index (χ0v) is 12.5. The van der Waals surface area contributed by atoms with Crippen molar-refractivity contribution in [2.45, 2.75) is 18.2 Å². The Bertz CT molecular complexity index is 297. The predicted octanol–water partition coefficient (Wildman–Crippen LogP) is 4.47. The van der Waals surface area contributed by atoms with E-state index in [9.17, 15) is 0 Å². The van der Waals surface area contributed by atoms with Crippen molar-refractivity contribution in [3.8, 4) is 0 Å². The van der Waals surface area contributed by atoms with Gasteiger partial charge in [-0.3, -0.25) is 0 Å². The fraction of sp³-hybridized carbons (Fsp3) is 0.538. The summed E-state index contributed by atoms with van der Waals surface area (Å²) < 4.78 is 0. The molecule has 4 heteroatoms. The monoisotopic (exact) mass is 291 g/mol. The van der Waals surface area contributed by atoms with E-state index in [2.05, 4.69) is 36.1 Å². The summed E-state index contributed by atoms with van der Waals surface area (Å²) in [6.07, 6.45) is 1.21. The van der Waals surface area contributed by atoms with Crippen LogP contribution in [0, 0.1) is 0 Å². The van der Waals surface area contributed by atoms with Crippen molar-refractivity contribution in [3.05, 3.63) is 24.3 Å². The molecule has 96 valence electrons. The first kappa shape index (κ1) is 15.0. The Morgan fingerprint density at radius 2 is 1.65 bits per heavy atom. The number of thioether (sulfide) groups is 1. The zero-order valence-electron chi connectivity index (χ0n) is 10.2. The first-order chi connectivity index (χ1) is 8.31. The van der Waals surface area contributed by atoms with Gasteiger partial charge in [0.05, 0.1) is 0 Å². The van der Waals surface area contributed by atoms with Gasteiger partial charge >= 0.3 is 0 Å². The Morgan fingerprint density at radius 1 is 1.06 bits per heavy atom. The summed E-state index contributed by atoms with van der Waals surface area (Å²) in [4.78, 5) is 3.54. The van der Waals surface area contributed by atoms with Crippen molar-refractivity contribution >= 4 is 40.7 Å². The maximum Gasteiger partial charge on any atom is 0.0399 e. The molecular formula is C13H19Cl2NS. The quantitative estimate of drug-likeness (QED) is 0.513. The molecule has 0 bridgehead atoms. The van der Waals surface area contributed by atoms with Crippen LogP contribution in [0.25, 0.3) is 0 Å². The van der Waals surface area contributed by atoms with Gasteiger partial charge in [0, 0.05) is 35.4 Å². The van der Waals surface area contributed by atoms with Gasteiger partial charge in [-0.25, -0.2) is 0 Å².